The molecule has 0 saturated carbocycles. The molecule has 0 amide bonds. The van der Waals surface area contributed by atoms with Crippen LogP contribution in [0.4, 0.5) is 0 Å². The summed E-state index contributed by atoms with van der Waals surface area (Å²) < 4.78 is 17.6. The molecule has 1 aliphatic rings. The molecule has 18 heavy (non-hydrogen) atoms. The van der Waals surface area contributed by atoms with E-state index in [1.165, 1.54) is 6.08 Å². The van der Waals surface area contributed by atoms with Crippen LogP contribution in [0.3, 0.4) is 0 Å². The van der Waals surface area contributed by atoms with E-state index < -0.39 is 16.0 Å². The average Bonchev–Trinajstić information content (AvgIpc) is 2.71. The van der Waals surface area contributed by atoms with E-state index in [1.54, 1.807) is 0 Å². The maximum atomic E-state index is 12.3. The van der Waals surface area contributed by atoms with E-state index in [2.05, 4.69) is 0 Å². The van der Waals surface area contributed by atoms with Crippen molar-refractivity contribution in [3.63, 3.8) is 0 Å². The van der Waals surface area contributed by atoms with Crippen molar-refractivity contribution in [1.82, 2.24) is 0 Å². The summed E-state index contributed by atoms with van der Waals surface area (Å²) >= 11 is 0. The number of rotatable bonds is 4. The molecule has 2 rings (SSSR count). The number of aryl methyl sites for hydroxylation is 1. The van der Waals surface area contributed by atoms with Gasteiger partial charge < -0.3 is 4.74 Å². The first-order valence-electron chi connectivity index (χ1n) is 5.96. The third-order valence-corrected chi connectivity index (χ3v) is 4.50. The van der Waals surface area contributed by atoms with Crippen LogP contribution in [0, 0.1) is 6.92 Å². The van der Waals surface area contributed by atoms with Gasteiger partial charge in [0.1, 0.15) is 11.0 Å². The minimum Gasteiger partial charge on any atom is -0.498 e. The number of ketones is 1. The molecule has 0 N–H and O–H groups in total. The summed E-state index contributed by atoms with van der Waals surface area (Å²) in [4.78, 5) is 12.5. The number of carbonyl (C=O) groups excluding carboxylic acids is 1. The van der Waals surface area contributed by atoms with E-state index in [4.69, 9.17) is 4.74 Å². The van der Waals surface area contributed by atoms with E-state index >= 15 is 0 Å². The quantitative estimate of drug-likeness (QED) is 0.838. The molecule has 1 aliphatic carbocycles. The number of carbonyl (C=O) groups is 1. The van der Waals surface area contributed by atoms with E-state index in [9.17, 15) is 9.00 Å². The molecule has 4 heteroatoms. The standard InChI is InChI=1S/C14H16O3S/c1-3-17-11-8-13(15)14(9-11)18(16)12-6-4-10(2)5-7-12/h4-8,14H,3,9H2,1-2H3/t14-,18-/m1/s1. The molecular weight excluding hydrogens is 248 g/mol. The SMILES string of the molecule is CCOC1=CC(=O)[C@H]([S@](=O)c2ccc(C)cc2)C1. The number of hydrogen-bond donors (Lipinski definition) is 0. The Kier molecular flexibility index (Phi) is 3.97. The van der Waals surface area contributed by atoms with Crippen LogP contribution in [0.25, 0.3) is 0 Å². The molecule has 0 unspecified atom stereocenters. The summed E-state index contributed by atoms with van der Waals surface area (Å²) in [6.45, 7) is 4.38. The highest BCUT2D eigenvalue weighted by Gasteiger charge is 2.32. The lowest BCUT2D eigenvalue weighted by atomic mass is 10.2. The third kappa shape index (κ3) is 2.70. The second-order valence-corrected chi connectivity index (χ2v) is 5.88. The van der Waals surface area contributed by atoms with E-state index in [0.29, 0.717) is 23.7 Å². The zero-order chi connectivity index (χ0) is 13.1. The molecule has 2 atom stereocenters. The Morgan fingerprint density at radius 2 is 2.00 bits per heavy atom. The molecule has 1 aromatic rings. The van der Waals surface area contributed by atoms with Crippen molar-refractivity contribution in [2.24, 2.45) is 0 Å². The van der Waals surface area contributed by atoms with Gasteiger partial charge in [-0.15, -0.1) is 0 Å². The van der Waals surface area contributed by atoms with Gasteiger partial charge in [-0.05, 0) is 26.0 Å². The highest BCUT2D eigenvalue weighted by atomic mass is 32.2. The molecular formula is C14H16O3S. The average molecular weight is 264 g/mol. The molecule has 0 spiro atoms. The Hall–Kier alpha value is -1.42. The van der Waals surface area contributed by atoms with Crippen LogP contribution in [-0.4, -0.2) is 21.8 Å². The van der Waals surface area contributed by atoms with Gasteiger partial charge in [0.05, 0.1) is 17.4 Å². The van der Waals surface area contributed by atoms with Crippen LogP contribution in [-0.2, 0) is 20.3 Å². The smallest absolute Gasteiger partial charge is 0.175 e. The summed E-state index contributed by atoms with van der Waals surface area (Å²) in [5.41, 5.74) is 1.11. The number of benzene rings is 1. The highest BCUT2D eigenvalue weighted by molar-refractivity contribution is 7.86. The number of ether oxygens (including phenoxy) is 1. The maximum absolute atomic E-state index is 12.3. The Morgan fingerprint density at radius 3 is 2.61 bits per heavy atom. The first-order chi connectivity index (χ1) is 8.61. The largest absolute Gasteiger partial charge is 0.498 e. The van der Waals surface area contributed by atoms with Crippen LogP contribution in [0.5, 0.6) is 0 Å². The number of allylic oxidation sites excluding steroid dienone is 2. The lowest BCUT2D eigenvalue weighted by Crippen LogP contribution is -2.20. The third-order valence-electron chi connectivity index (χ3n) is 2.85. The summed E-state index contributed by atoms with van der Waals surface area (Å²) in [7, 11) is -1.30. The predicted molar refractivity (Wildman–Crippen MR) is 70.7 cm³/mol. The molecule has 0 aliphatic heterocycles. The van der Waals surface area contributed by atoms with Gasteiger partial charge in [-0.25, -0.2) is 0 Å². The molecule has 0 heterocycles. The van der Waals surface area contributed by atoms with Gasteiger partial charge in [0.15, 0.2) is 5.78 Å². The van der Waals surface area contributed by atoms with Gasteiger partial charge in [-0.3, -0.25) is 9.00 Å². The molecule has 3 nitrogen and oxygen atoms in total. The van der Waals surface area contributed by atoms with Crippen molar-refractivity contribution in [1.29, 1.82) is 0 Å². The van der Waals surface area contributed by atoms with Gasteiger partial charge in [0, 0.05) is 17.4 Å². The molecule has 0 bridgehead atoms. The second kappa shape index (κ2) is 5.48. The fourth-order valence-corrected chi connectivity index (χ4v) is 3.23. The monoisotopic (exact) mass is 264 g/mol. The lowest BCUT2D eigenvalue weighted by Gasteiger charge is -2.09. The molecule has 0 radical (unpaired) electrons. The molecule has 0 fully saturated rings. The fraction of sp³-hybridized carbons (Fsp3) is 0.357. The maximum Gasteiger partial charge on any atom is 0.175 e. The Labute approximate surface area is 109 Å². The molecule has 0 saturated heterocycles. The van der Waals surface area contributed by atoms with Crippen LogP contribution in [0.15, 0.2) is 41.0 Å². The van der Waals surface area contributed by atoms with Crippen molar-refractivity contribution in [2.75, 3.05) is 6.61 Å². The Balaban J connectivity index is 2.12. The first-order valence-corrected chi connectivity index (χ1v) is 7.17. The minimum atomic E-state index is -1.30. The van der Waals surface area contributed by atoms with Gasteiger partial charge in [0.2, 0.25) is 0 Å². The summed E-state index contributed by atoms with van der Waals surface area (Å²) in [5, 5.41) is -0.491. The first kappa shape index (κ1) is 13.0. The molecule has 0 aromatic heterocycles. The molecule has 1 aromatic carbocycles. The Bertz CT molecular complexity index is 502. The van der Waals surface area contributed by atoms with Crippen molar-refractivity contribution >= 4 is 16.6 Å². The zero-order valence-electron chi connectivity index (χ0n) is 10.5. The highest BCUT2D eigenvalue weighted by Crippen LogP contribution is 2.25. The Morgan fingerprint density at radius 1 is 1.33 bits per heavy atom. The fourth-order valence-electron chi connectivity index (χ4n) is 1.90. The summed E-state index contributed by atoms with van der Waals surface area (Å²) in [5.74, 6) is 0.547. The van der Waals surface area contributed by atoms with Gasteiger partial charge in [-0.2, -0.15) is 0 Å². The minimum absolute atomic E-state index is 0.0997. The van der Waals surface area contributed by atoms with E-state index in [0.717, 1.165) is 5.56 Å². The topological polar surface area (TPSA) is 43.4 Å². The van der Waals surface area contributed by atoms with Crippen LogP contribution < -0.4 is 0 Å². The molecule has 96 valence electrons. The van der Waals surface area contributed by atoms with Crippen LogP contribution >= 0.6 is 0 Å². The van der Waals surface area contributed by atoms with Crippen molar-refractivity contribution in [2.45, 2.75) is 30.4 Å². The van der Waals surface area contributed by atoms with Crippen molar-refractivity contribution in [3.8, 4) is 0 Å². The van der Waals surface area contributed by atoms with Gasteiger partial charge in [0.25, 0.3) is 0 Å². The van der Waals surface area contributed by atoms with Crippen molar-refractivity contribution in [3.05, 3.63) is 41.7 Å². The van der Waals surface area contributed by atoms with Gasteiger partial charge in [-0.1, -0.05) is 17.7 Å². The van der Waals surface area contributed by atoms with Crippen LogP contribution in [0.2, 0.25) is 0 Å². The number of hydrogen-bond acceptors (Lipinski definition) is 3. The normalized spacial score (nSPS) is 20.7. The van der Waals surface area contributed by atoms with Gasteiger partial charge >= 0.3 is 0 Å². The van der Waals surface area contributed by atoms with Crippen molar-refractivity contribution < 1.29 is 13.7 Å². The van der Waals surface area contributed by atoms with Crippen LogP contribution in [0.1, 0.15) is 18.9 Å². The zero-order valence-corrected chi connectivity index (χ0v) is 11.3. The predicted octanol–water partition coefficient (Wildman–Crippen LogP) is 2.36. The van der Waals surface area contributed by atoms with E-state index in [1.807, 2.05) is 38.1 Å². The lowest BCUT2D eigenvalue weighted by molar-refractivity contribution is -0.113. The summed E-state index contributed by atoms with van der Waals surface area (Å²) in [6.07, 6.45) is 1.91. The second-order valence-electron chi connectivity index (χ2n) is 4.25. The summed E-state index contributed by atoms with van der Waals surface area (Å²) in [6, 6.07) is 7.45. The van der Waals surface area contributed by atoms with E-state index in [-0.39, 0.29) is 5.78 Å².